The van der Waals surface area contributed by atoms with Gasteiger partial charge in [-0.05, 0) is 18.2 Å². The van der Waals surface area contributed by atoms with Gasteiger partial charge in [0.25, 0.3) is 0 Å². The van der Waals surface area contributed by atoms with Crippen LogP contribution in [0.1, 0.15) is 0 Å². The third-order valence-electron chi connectivity index (χ3n) is 3.57. The van der Waals surface area contributed by atoms with Gasteiger partial charge >= 0.3 is 0 Å². The highest BCUT2D eigenvalue weighted by Crippen LogP contribution is 2.32. The first-order valence-electron chi connectivity index (χ1n) is 6.97. The first-order chi connectivity index (χ1) is 10.8. The van der Waals surface area contributed by atoms with E-state index in [9.17, 15) is 0 Å². The molecule has 3 nitrogen and oxygen atoms in total. The molecule has 4 heteroatoms. The molecule has 106 valence electrons. The van der Waals surface area contributed by atoms with Crippen LogP contribution in [-0.4, -0.2) is 14.4 Å². The standard InChI is InChI=1S/C18H12ClN3/c19-15-9-7-13(8-10-15)16-17(14-5-2-1-3-6-14)22-12-4-11-20-18(22)21-16/h1-12H. The quantitative estimate of drug-likeness (QED) is 0.536. The van der Waals surface area contributed by atoms with Crippen molar-refractivity contribution in [1.82, 2.24) is 14.4 Å². The number of aromatic nitrogens is 3. The number of nitrogens with zero attached hydrogens (tertiary/aromatic N) is 3. The average Bonchev–Trinajstić information content (AvgIpc) is 2.96. The maximum atomic E-state index is 6.00. The van der Waals surface area contributed by atoms with E-state index in [1.165, 1.54) is 0 Å². The number of hydrogen-bond acceptors (Lipinski definition) is 2. The van der Waals surface area contributed by atoms with Gasteiger partial charge in [0.05, 0.1) is 11.4 Å². The van der Waals surface area contributed by atoms with Gasteiger partial charge in [-0.2, -0.15) is 0 Å². The maximum absolute atomic E-state index is 6.00. The van der Waals surface area contributed by atoms with Gasteiger partial charge in [-0.25, -0.2) is 9.97 Å². The topological polar surface area (TPSA) is 30.2 Å². The third-order valence-corrected chi connectivity index (χ3v) is 3.82. The molecule has 2 aromatic carbocycles. The summed E-state index contributed by atoms with van der Waals surface area (Å²) < 4.78 is 2.01. The van der Waals surface area contributed by atoms with Crippen molar-refractivity contribution in [1.29, 1.82) is 0 Å². The average molecular weight is 306 g/mol. The van der Waals surface area contributed by atoms with E-state index in [1.54, 1.807) is 6.20 Å². The summed E-state index contributed by atoms with van der Waals surface area (Å²) in [5.74, 6) is 0.686. The highest BCUT2D eigenvalue weighted by Gasteiger charge is 2.15. The summed E-state index contributed by atoms with van der Waals surface area (Å²) in [5, 5.41) is 0.715. The lowest BCUT2D eigenvalue weighted by Gasteiger charge is -2.05. The zero-order valence-electron chi connectivity index (χ0n) is 11.6. The Balaban J connectivity index is 2.04. The summed E-state index contributed by atoms with van der Waals surface area (Å²) in [6.45, 7) is 0. The molecule has 0 unspecified atom stereocenters. The maximum Gasteiger partial charge on any atom is 0.234 e. The fourth-order valence-corrected chi connectivity index (χ4v) is 2.69. The molecule has 0 aliphatic heterocycles. The molecule has 4 rings (SSSR count). The molecule has 0 atom stereocenters. The fraction of sp³-hybridized carbons (Fsp3) is 0. The molecule has 0 amide bonds. The largest absolute Gasteiger partial charge is 0.283 e. The summed E-state index contributed by atoms with van der Waals surface area (Å²) in [4.78, 5) is 9.05. The van der Waals surface area contributed by atoms with Crippen molar-refractivity contribution in [3.05, 3.63) is 78.1 Å². The highest BCUT2D eigenvalue weighted by atomic mass is 35.5. The molecule has 0 saturated heterocycles. The van der Waals surface area contributed by atoms with Crippen LogP contribution in [0.5, 0.6) is 0 Å². The summed E-state index contributed by atoms with van der Waals surface area (Å²) in [6.07, 6.45) is 3.74. The van der Waals surface area contributed by atoms with E-state index in [0.717, 1.165) is 22.5 Å². The van der Waals surface area contributed by atoms with Crippen LogP contribution in [0.15, 0.2) is 73.1 Å². The number of hydrogen-bond donors (Lipinski definition) is 0. The molecule has 0 radical (unpaired) electrons. The predicted octanol–water partition coefficient (Wildman–Crippen LogP) is 4.72. The minimum absolute atomic E-state index is 0.686. The van der Waals surface area contributed by atoms with E-state index in [1.807, 2.05) is 59.1 Å². The second-order valence-electron chi connectivity index (χ2n) is 4.97. The van der Waals surface area contributed by atoms with E-state index >= 15 is 0 Å². The van der Waals surface area contributed by atoms with Crippen LogP contribution in [0.25, 0.3) is 28.3 Å². The second kappa shape index (κ2) is 5.28. The lowest BCUT2D eigenvalue weighted by molar-refractivity contribution is 1.11. The first kappa shape index (κ1) is 13.0. The molecule has 0 fully saturated rings. The molecule has 2 aromatic heterocycles. The molecular formula is C18H12ClN3. The zero-order valence-corrected chi connectivity index (χ0v) is 12.4. The SMILES string of the molecule is Clc1ccc(-c2nc3ncccn3c2-c2ccccc2)cc1. The normalized spacial score (nSPS) is 11.0. The minimum Gasteiger partial charge on any atom is -0.283 e. The zero-order chi connectivity index (χ0) is 14.9. The Kier molecular flexibility index (Phi) is 3.13. The molecule has 0 spiro atoms. The van der Waals surface area contributed by atoms with Crippen molar-refractivity contribution in [3.63, 3.8) is 0 Å². The van der Waals surface area contributed by atoms with Gasteiger partial charge in [0.1, 0.15) is 0 Å². The number of halogens is 1. The lowest BCUT2D eigenvalue weighted by Crippen LogP contribution is -1.90. The van der Waals surface area contributed by atoms with E-state index < -0.39 is 0 Å². The summed E-state index contributed by atoms with van der Waals surface area (Å²) in [6, 6.07) is 19.8. The molecule has 0 aliphatic rings. The van der Waals surface area contributed by atoms with Crippen molar-refractivity contribution >= 4 is 17.4 Å². The fourth-order valence-electron chi connectivity index (χ4n) is 2.57. The van der Waals surface area contributed by atoms with E-state index in [2.05, 4.69) is 17.1 Å². The Morgan fingerprint density at radius 3 is 2.36 bits per heavy atom. The Hall–Kier alpha value is -2.65. The van der Waals surface area contributed by atoms with Crippen LogP contribution >= 0.6 is 11.6 Å². The smallest absolute Gasteiger partial charge is 0.234 e. The lowest BCUT2D eigenvalue weighted by atomic mass is 10.1. The summed E-state index contributed by atoms with van der Waals surface area (Å²) in [5.41, 5.74) is 4.06. The van der Waals surface area contributed by atoms with E-state index in [0.29, 0.717) is 10.8 Å². The minimum atomic E-state index is 0.686. The molecule has 0 saturated carbocycles. The van der Waals surface area contributed by atoms with Crippen LogP contribution in [0.3, 0.4) is 0 Å². The second-order valence-corrected chi connectivity index (χ2v) is 5.41. The molecule has 2 heterocycles. The van der Waals surface area contributed by atoms with Crippen LogP contribution in [-0.2, 0) is 0 Å². The Morgan fingerprint density at radius 2 is 1.59 bits per heavy atom. The van der Waals surface area contributed by atoms with Crippen molar-refractivity contribution in [2.75, 3.05) is 0 Å². The third kappa shape index (κ3) is 2.16. The molecule has 4 aromatic rings. The molecular weight excluding hydrogens is 294 g/mol. The van der Waals surface area contributed by atoms with Gasteiger partial charge in [-0.3, -0.25) is 4.40 Å². The van der Waals surface area contributed by atoms with Gasteiger partial charge in [-0.1, -0.05) is 54.1 Å². The number of imidazole rings is 1. The van der Waals surface area contributed by atoms with Crippen molar-refractivity contribution < 1.29 is 0 Å². The van der Waals surface area contributed by atoms with Gasteiger partial charge < -0.3 is 0 Å². The van der Waals surface area contributed by atoms with E-state index in [-0.39, 0.29) is 0 Å². The van der Waals surface area contributed by atoms with Crippen molar-refractivity contribution in [2.45, 2.75) is 0 Å². The van der Waals surface area contributed by atoms with Gasteiger partial charge in [0.2, 0.25) is 5.78 Å². The number of rotatable bonds is 2. The molecule has 22 heavy (non-hydrogen) atoms. The van der Waals surface area contributed by atoms with Crippen molar-refractivity contribution in [2.24, 2.45) is 0 Å². The van der Waals surface area contributed by atoms with Crippen LogP contribution in [0, 0.1) is 0 Å². The van der Waals surface area contributed by atoms with Crippen LogP contribution in [0.2, 0.25) is 5.02 Å². The van der Waals surface area contributed by atoms with Gasteiger partial charge in [0.15, 0.2) is 0 Å². The number of benzene rings is 2. The summed E-state index contributed by atoms with van der Waals surface area (Å²) >= 11 is 6.00. The molecule has 0 N–H and O–H groups in total. The Bertz CT molecular complexity index is 928. The molecule has 0 aliphatic carbocycles. The highest BCUT2D eigenvalue weighted by molar-refractivity contribution is 6.30. The van der Waals surface area contributed by atoms with Crippen molar-refractivity contribution in [3.8, 4) is 22.5 Å². The summed E-state index contributed by atoms with van der Waals surface area (Å²) in [7, 11) is 0. The molecule has 0 bridgehead atoms. The monoisotopic (exact) mass is 305 g/mol. The number of fused-ring (bicyclic) bond motifs is 1. The van der Waals surface area contributed by atoms with Crippen LogP contribution < -0.4 is 0 Å². The van der Waals surface area contributed by atoms with Gasteiger partial charge in [0, 0.05) is 28.5 Å². The van der Waals surface area contributed by atoms with Gasteiger partial charge in [-0.15, -0.1) is 0 Å². The Morgan fingerprint density at radius 1 is 0.818 bits per heavy atom. The van der Waals surface area contributed by atoms with E-state index in [4.69, 9.17) is 16.6 Å². The Labute approximate surface area is 132 Å². The van der Waals surface area contributed by atoms with Crippen LogP contribution in [0.4, 0.5) is 0 Å². The first-order valence-corrected chi connectivity index (χ1v) is 7.35. The predicted molar refractivity (Wildman–Crippen MR) is 88.9 cm³/mol.